The largest absolute Gasteiger partial charge is 0.207 e. The van der Waals surface area contributed by atoms with Crippen LogP contribution in [0.25, 0.3) is 11.1 Å². The average Bonchev–Trinajstić information content (AvgIpc) is 2.24. The second-order valence-electron chi connectivity index (χ2n) is 3.37. The topological polar surface area (TPSA) is 0 Å². The molecule has 0 saturated heterocycles. The van der Waals surface area contributed by atoms with Crippen molar-refractivity contribution in [3.05, 3.63) is 59.4 Å². The molecule has 2 aromatic carbocycles. The van der Waals surface area contributed by atoms with E-state index in [1.807, 2.05) is 0 Å². The molecule has 0 N–H and O–H groups in total. The van der Waals surface area contributed by atoms with Crippen molar-refractivity contribution in [3.8, 4) is 11.1 Å². The molecule has 0 radical (unpaired) electrons. The zero-order valence-corrected chi connectivity index (χ0v) is 8.28. The highest BCUT2D eigenvalue weighted by Gasteiger charge is 2.14. The number of hydrogen-bond acceptors (Lipinski definition) is 0. The lowest BCUT2D eigenvalue weighted by Gasteiger charge is -2.06. The van der Waals surface area contributed by atoms with Crippen LogP contribution in [0.15, 0.2) is 30.3 Å². The molecular formula is C12H5F5. The van der Waals surface area contributed by atoms with Crippen molar-refractivity contribution in [2.45, 2.75) is 0 Å². The maximum Gasteiger partial charge on any atom is 0.161 e. The lowest BCUT2D eigenvalue weighted by atomic mass is 10.0. The normalized spacial score (nSPS) is 10.6. The number of hydrogen-bond donors (Lipinski definition) is 0. The molecule has 0 spiro atoms. The van der Waals surface area contributed by atoms with Crippen LogP contribution < -0.4 is 0 Å². The fourth-order valence-electron chi connectivity index (χ4n) is 1.44. The van der Waals surface area contributed by atoms with Crippen LogP contribution in [0.3, 0.4) is 0 Å². The zero-order valence-electron chi connectivity index (χ0n) is 8.28. The minimum atomic E-state index is -1.37. The van der Waals surface area contributed by atoms with Gasteiger partial charge < -0.3 is 0 Å². The quantitative estimate of drug-likeness (QED) is 0.524. The highest BCUT2D eigenvalue weighted by molar-refractivity contribution is 5.64. The molecule has 0 fully saturated rings. The summed E-state index contributed by atoms with van der Waals surface area (Å²) in [6.07, 6.45) is 0. The van der Waals surface area contributed by atoms with Gasteiger partial charge in [0, 0.05) is 23.3 Å². The van der Waals surface area contributed by atoms with E-state index in [0.717, 1.165) is 12.1 Å². The van der Waals surface area contributed by atoms with E-state index in [9.17, 15) is 22.0 Å². The van der Waals surface area contributed by atoms with Crippen molar-refractivity contribution < 1.29 is 22.0 Å². The number of benzene rings is 2. The van der Waals surface area contributed by atoms with Crippen molar-refractivity contribution >= 4 is 0 Å². The second-order valence-corrected chi connectivity index (χ2v) is 3.37. The van der Waals surface area contributed by atoms with Crippen LogP contribution in [0.5, 0.6) is 0 Å². The zero-order chi connectivity index (χ0) is 12.6. The van der Waals surface area contributed by atoms with Crippen LogP contribution in [0.1, 0.15) is 0 Å². The van der Waals surface area contributed by atoms with E-state index < -0.39 is 34.6 Å². The van der Waals surface area contributed by atoms with Crippen molar-refractivity contribution in [1.82, 2.24) is 0 Å². The molecule has 0 unspecified atom stereocenters. The van der Waals surface area contributed by atoms with Crippen LogP contribution in [-0.4, -0.2) is 0 Å². The lowest BCUT2D eigenvalue weighted by Crippen LogP contribution is -1.94. The molecule has 0 aliphatic heterocycles. The molecule has 0 saturated carbocycles. The van der Waals surface area contributed by atoms with Gasteiger partial charge in [0.1, 0.15) is 17.5 Å². The van der Waals surface area contributed by atoms with Crippen molar-refractivity contribution in [2.24, 2.45) is 0 Å². The van der Waals surface area contributed by atoms with E-state index in [-0.39, 0.29) is 5.56 Å². The first-order chi connectivity index (χ1) is 7.99. The fourth-order valence-corrected chi connectivity index (χ4v) is 1.44. The first-order valence-corrected chi connectivity index (χ1v) is 4.59. The van der Waals surface area contributed by atoms with Crippen molar-refractivity contribution in [2.75, 3.05) is 0 Å². The molecule has 88 valence electrons. The number of halogens is 5. The van der Waals surface area contributed by atoms with Gasteiger partial charge in [0.2, 0.25) is 0 Å². The average molecular weight is 244 g/mol. The van der Waals surface area contributed by atoms with Crippen LogP contribution in [0.4, 0.5) is 22.0 Å². The van der Waals surface area contributed by atoms with Gasteiger partial charge in [-0.05, 0) is 18.2 Å². The summed E-state index contributed by atoms with van der Waals surface area (Å²) >= 11 is 0. The molecule has 0 heterocycles. The first kappa shape index (κ1) is 11.6. The smallest absolute Gasteiger partial charge is 0.161 e. The van der Waals surface area contributed by atoms with Crippen LogP contribution >= 0.6 is 0 Å². The summed E-state index contributed by atoms with van der Waals surface area (Å²) in [6.45, 7) is 0. The van der Waals surface area contributed by atoms with E-state index in [4.69, 9.17) is 0 Å². The Morgan fingerprint density at radius 2 is 1.12 bits per heavy atom. The van der Waals surface area contributed by atoms with Crippen LogP contribution in [0, 0.1) is 29.1 Å². The third kappa shape index (κ3) is 2.13. The van der Waals surface area contributed by atoms with E-state index in [2.05, 4.69) is 0 Å². The minimum absolute atomic E-state index is 0.313. The van der Waals surface area contributed by atoms with Gasteiger partial charge >= 0.3 is 0 Å². The number of rotatable bonds is 1. The highest BCUT2D eigenvalue weighted by Crippen LogP contribution is 2.27. The summed E-state index contributed by atoms with van der Waals surface area (Å²) in [4.78, 5) is 0. The van der Waals surface area contributed by atoms with E-state index >= 15 is 0 Å². The third-order valence-corrected chi connectivity index (χ3v) is 2.23. The Morgan fingerprint density at radius 1 is 0.529 bits per heavy atom. The first-order valence-electron chi connectivity index (χ1n) is 4.59. The maximum atomic E-state index is 13.3. The Bertz CT molecular complexity index is 577. The molecule has 0 aliphatic rings. The summed E-state index contributed by atoms with van der Waals surface area (Å²) in [6, 6.07) is 3.24. The standard InChI is InChI=1S/C12H5F5/c13-6-1-2-7(9(14)3-6)8-4-11(16)12(17)5-10(8)15/h1-5H. The predicted octanol–water partition coefficient (Wildman–Crippen LogP) is 4.05. The Labute approximate surface area is 93.3 Å². The Kier molecular flexibility index (Phi) is 2.83. The van der Waals surface area contributed by atoms with E-state index in [1.54, 1.807) is 0 Å². The summed E-state index contributed by atoms with van der Waals surface area (Å²) in [5.74, 6) is -5.67. The molecule has 0 nitrogen and oxygen atoms in total. The van der Waals surface area contributed by atoms with Crippen molar-refractivity contribution in [1.29, 1.82) is 0 Å². The van der Waals surface area contributed by atoms with Gasteiger partial charge in [-0.2, -0.15) is 0 Å². The third-order valence-electron chi connectivity index (χ3n) is 2.23. The monoisotopic (exact) mass is 244 g/mol. The second kappa shape index (κ2) is 4.16. The molecular weight excluding hydrogens is 239 g/mol. The maximum absolute atomic E-state index is 13.3. The van der Waals surface area contributed by atoms with Gasteiger partial charge in [-0.3, -0.25) is 0 Å². The van der Waals surface area contributed by atoms with Gasteiger partial charge in [-0.15, -0.1) is 0 Å². The molecule has 0 amide bonds. The van der Waals surface area contributed by atoms with Gasteiger partial charge in [-0.1, -0.05) is 0 Å². The van der Waals surface area contributed by atoms with E-state index in [1.165, 1.54) is 0 Å². The van der Waals surface area contributed by atoms with Crippen molar-refractivity contribution in [3.63, 3.8) is 0 Å². The summed E-state index contributed by atoms with van der Waals surface area (Å²) < 4.78 is 64.9. The molecule has 2 rings (SSSR count). The molecule has 0 aromatic heterocycles. The summed E-state index contributed by atoms with van der Waals surface area (Å²) in [5.41, 5.74) is -0.788. The molecule has 0 atom stereocenters. The molecule has 5 heteroatoms. The summed E-state index contributed by atoms with van der Waals surface area (Å²) in [7, 11) is 0. The van der Waals surface area contributed by atoms with Gasteiger partial charge in [0.05, 0.1) is 0 Å². The van der Waals surface area contributed by atoms with Gasteiger partial charge in [-0.25, -0.2) is 22.0 Å². The highest BCUT2D eigenvalue weighted by atomic mass is 19.2. The van der Waals surface area contributed by atoms with Gasteiger partial charge in [0.25, 0.3) is 0 Å². The molecule has 0 bridgehead atoms. The molecule has 0 aliphatic carbocycles. The fraction of sp³-hybridized carbons (Fsp3) is 0. The predicted molar refractivity (Wildman–Crippen MR) is 51.7 cm³/mol. The minimum Gasteiger partial charge on any atom is -0.207 e. The Hall–Kier alpha value is -1.91. The Morgan fingerprint density at radius 3 is 1.76 bits per heavy atom. The lowest BCUT2D eigenvalue weighted by molar-refractivity contribution is 0.495. The SMILES string of the molecule is Fc1ccc(-c2cc(F)c(F)cc2F)c(F)c1. The van der Waals surface area contributed by atoms with Crippen LogP contribution in [-0.2, 0) is 0 Å². The molecule has 2 aromatic rings. The van der Waals surface area contributed by atoms with Gasteiger partial charge in [0.15, 0.2) is 11.6 Å². The van der Waals surface area contributed by atoms with E-state index in [0.29, 0.717) is 18.2 Å². The molecule has 17 heavy (non-hydrogen) atoms. The Balaban J connectivity index is 2.64. The summed E-state index contributed by atoms with van der Waals surface area (Å²) in [5, 5.41) is 0. The van der Waals surface area contributed by atoms with Crippen LogP contribution in [0.2, 0.25) is 0 Å².